The monoisotopic (exact) mass is 539 g/mol. The van der Waals surface area contributed by atoms with Crippen molar-refractivity contribution in [2.75, 3.05) is 13.4 Å². The van der Waals surface area contributed by atoms with Gasteiger partial charge in [-0.05, 0) is 54.1 Å². The molecule has 190 valence electrons. The average Bonchev–Trinajstić information content (AvgIpc) is 3.61. The van der Waals surface area contributed by atoms with E-state index < -0.39 is 11.1 Å². The summed E-state index contributed by atoms with van der Waals surface area (Å²) in [7, 11) is 0. The molecule has 37 heavy (non-hydrogen) atoms. The predicted octanol–water partition coefficient (Wildman–Crippen LogP) is 6.52. The van der Waals surface area contributed by atoms with Gasteiger partial charge in [0.1, 0.15) is 11.5 Å². The van der Waals surface area contributed by atoms with E-state index in [2.05, 4.69) is 0 Å². The molecule has 3 aromatic rings. The van der Waals surface area contributed by atoms with E-state index in [1.54, 1.807) is 48.5 Å². The molecule has 2 aliphatic rings. The summed E-state index contributed by atoms with van der Waals surface area (Å²) in [6.07, 6.45) is 3.31. The summed E-state index contributed by atoms with van der Waals surface area (Å²) in [5.74, 6) is 1.23. The van der Waals surface area contributed by atoms with Gasteiger partial charge in [-0.3, -0.25) is 14.5 Å². The van der Waals surface area contributed by atoms with E-state index in [9.17, 15) is 14.4 Å². The van der Waals surface area contributed by atoms with Crippen LogP contribution in [0, 0.1) is 0 Å². The average molecular weight is 540 g/mol. The zero-order chi connectivity index (χ0) is 25.9. The van der Waals surface area contributed by atoms with Crippen LogP contribution in [0.15, 0.2) is 57.9 Å². The summed E-state index contributed by atoms with van der Waals surface area (Å²) in [6.45, 7) is 2.53. The topological polar surface area (TPSA) is 95.3 Å². The van der Waals surface area contributed by atoms with Gasteiger partial charge in [-0.2, -0.15) is 0 Å². The Morgan fingerprint density at radius 3 is 2.62 bits per heavy atom. The first-order chi connectivity index (χ1) is 17.9. The minimum Gasteiger partial charge on any atom is -0.462 e. The Balaban J connectivity index is 1.27. The van der Waals surface area contributed by atoms with Crippen molar-refractivity contribution >= 4 is 46.6 Å². The number of hydrogen-bond acceptors (Lipinski definition) is 8. The lowest BCUT2D eigenvalue weighted by atomic mass is 10.1. The van der Waals surface area contributed by atoms with E-state index in [4.69, 9.17) is 30.2 Å². The van der Waals surface area contributed by atoms with Gasteiger partial charge in [0.2, 0.25) is 6.79 Å². The van der Waals surface area contributed by atoms with E-state index >= 15 is 0 Å². The first-order valence-corrected chi connectivity index (χ1v) is 12.8. The zero-order valence-electron chi connectivity index (χ0n) is 19.8. The number of fused-ring (bicyclic) bond motifs is 1. The Hall–Kier alpha value is -3.69. The lowest BCUT2D eigenvalue weighted by Gasteiger charge is -2.14. The quantitative estimate of drug-likeness (QED) is 0.181. The van der Waals surface area contributed by atoms with E-state index in [0.717, 1.165) is 35.1 Å². The number of benzene rings is 2. The normalized spacial score (nSPS) is 15.6. The van der Waals surface area contributed by atoms with Gasteiger partial charge in [0.25, 0.3) is 11.1 Å². The molecule has 0 bridgehead atoms. The number of unbranched alkanes of at least 4 members (excludes halogenated alkanes) is 1. The molecule has 0 atom stereocenters. The molecule has 10 heteroatoms. The van der Waals surface area contributed by atoms with Gasteiger partial charge >= 0.3 is 5.97 Å². The van der Waals surface area contributed by atoms with Gasteiger partial charge < -0.3 is 18.6 Å². The zero-order valence-corrected chi connectivity index (χ0v) is 21.4. The molecule has 2 aliphatic heterocycles. The Labute approximate surface area is 222 Å². The van der Waals surface area contributed by atoms with Crippen molar-refractivity contribution in [1.82, 2.24) is 4.90 Å². The fourth-order valence-electron chi connectivity index (χ4n) is 3.76. The lowest BCUT2D eigenvalue weighted by Crippen LogP contribution is -2.27. The van der Waals surface area contributed by atoms with Gasteiger partial charge in [0.15, 0.2) is 11.5 Å². The molecular weight excluding hydrogens is 518 g/mol. The molecule has 1 saturated heterocycles. The first-order valence-electron chi connectivity index (χ1n) is 11.6. The molecule has 5 rings (SSSR count). The maximum absolute atomic E-state index is 13.0. The van der Waals surface area contributed by atoms with E-state index in [1.807, 2.05) is 6.92 Å². The number of halogens is 1. The fourth-order valence-corrected chi connectivity index (χ4v) is 4.80. The molecular formula is C27H22ClNO7S. The maximum atomic E-state index is 13.0. The highest BCUT2D eigenvalue weighted by atomic mass is 35.5. The second kappa shape index (κ2) is 10.7. The van der Waals surface area contributed by atoms with Crippen LogP contribution in [0.2, 0.25) is 5.02 Å². The number of carbonyl (C=O) groups is 3. The second-order valence-electron chi connectivity index (χ2n) is 8.33. The number of ether oxygens (including phenoxy) is 3. The van der Waals surface area contributed by atoms with Crippen LogP contribution in [0.25, 0.3) is 17.4 Å². The van der Waals surface area contributed by atoms with Crippen molar-refractivity contribution < 1.29 is 33.0 Å². The van der Waals surface area contributed by atoms with Crippen molar-refractivity contribution in [2.45, 2.75) is 26.3 Å². The summed E-state index contributed by atoms with van der Waals surface area (Å²) in [6, 6.07) is 13.6. The van der Waals surface area contributed by atoms with Crippen molar-refractivity contribution in [3.05, 3.63) is 75.3 Å². The van der Waals surface area contributed by atoms with Crippen LogP contribution in [0.1, 0.15) is 41.4 Å². The number of furan rings is 1. The van der Waals surface area contributed by atoms with Crippen LogP contribution in [-0.4, -0.2) is 35.4 Å². The Morgan fingerprint density at radius 2 is 1.86 bits per heavy atom. The molecule has 3 heterocycles. The van der Waals surface area contributed by atoms with Crippen molar-refractivity contribution in [2.24, 2.45) is 0 Å². The molecule has 0 aliphatic carbocycles. The Bertz CT molecular complexity index is 1400. The first kappa shape index (κ1) is 25.0. The van der Waals surface area contributed by atoms with Crippen molar-refractivity contribution in [3.8, 4) is 22.8 Å². The molecule has 0 spiro atoms. The molecule has 0 unspecified atom stereocenters. The number of hydrogen-bond donors (Lipinski definition) is 0. The highest BCUT2D eigenvalue weighted by molar-refractivity contribution is 8.18. The standard InChI is InChI=1S/C27H22ClNO7S/c1-2-3-10-33-26(31)17-6-4-16(5-7-17)21-9-8-19(36-21)12-24-25(30)29(27(32)37-24)14-18-11-22-23(13-20(18)28)35-15-34-22/h4-9,11-13H,2-3,10,14-15H2,1H3. The number of imide groups is 1. The number of nitrogens with zero attached hydrogens (tertiary/aromatic N) is 1. The minimum atomic E-state index is -0.437. The third-order valence-corrected chi connectivity index (χ3v) is 7.04. The van der Waals surface area contributed by atoms with Crippen LogP contribution in [0.4, 0.5) is 4.79 Å². The number of carbonyl (C=O) groups excluding carboxylic acids is 3. The smallest absolute Gasteiger partial charge is 0.338 e. The number of rotatable bonds is 8. The van der Waals surface area contributed by atoms with Crippen LogP contribution < -0.4 is 9.47 Å². The highest BCUT2D eigenvalue weighted by Gasteiger charge is 2.36. The predicted molar refractivity (Wildman–Crippen MR) is 138 cm³/mol. The summed E-state index contributed by atoms with van der Waals surface area (Å²) in [5, 5.41) is -0.0265. The lowest BCUT2D eigenvalue weighted by molar-refractivity contribution is -0.123. The third kappa shape index (κ3) is 5.38. The number of thioether (sulfide) groups is 1. The van der Waals surface area contributed by atoms with E-state index in [-0.39, 0.29) is 24.2 Å². The highest BCUT2D eigenvalue weighted by Crippen LogP contribution is 2.39. The van der Waals surface area contributed by atoms with Crippen LogP contribution in [0.3, 0.4) is 0 Å². The maximum Gasteiger partial charge on any atom is 0.338 e. The van der Waals surface area contributed by atoms with Crippen LogP contribution in [0.5, 0.6) is 11.5 Å². The van der Waals surface area contributed by atoms with Gasteiger partial charge in [-0.15, -0.1) is 0 Å². The minimum absolute atomic E-state index is 0.00805. The largest absolute Gasteiger partial charge is 0.462 e. The molecule has 0 saturated carbocycles. The Kier molecular flexibility index (Phi) is 7.25. The molecule has 0 N–H and O–H groups in total. The summed E-state index contributed by atoms with van der Waals surface area (Å²) < 4.78 is 21.8. The molecule has 2 aromatic carbocycles. The molecule has 2 amide bonds. The third-order valence-electron chi connectivity index (χ3n) is 5.78. The SMILES string of the molecule is CCCCOC(=O)c1ccc(-c2ccc(C=C3SC(=O)N(Cc4cc5c(cc4Cl)OCO5)C3=O)o2)cc1. The number of esters is 1. The van der Waals surface area contributed by atoms with Crippen molar-refractivity contribution in [1.29, 1.82) is 0 Å². The van der Waals surface area contributed by atoms with Crippen LogP contribution >= 0.6 is 23.4 Å². The molecule has 1 fully saturated rings. The molecule has 8 nitrogen and oxygen atoms in total. The Morgan fingerprint density at radius 1 is 1.11 bits per heavy atom. The summed E-state index contributed by atoms with van der Waals surface area (Å²) >= 11 is 7.15. The fraction of sp³-hybridized carbons (Fsp3) is 0.222. The van der Waals surface area contributed by atoms with Gasteiger partial charge in [-0.25, -0.2) is 4.79 Å². The van der Waals surface area contributed by atoms with E-state index in [0.29, 0.717) is 45.8 Å². The van der Waals surface area contributed by atoms with Gasteiger partial charge in [0.05, 0.1) is 23.6 Å². The van der Waals surface area contributed by atoms with Crippen molar-refractivity contribution in [3.63, 3.8) is 0 Å². The summed E-state index contributed by atoms with van der Waals surface area (Å²) in [4.78, 5) is 39.0. The van der Waals surface area contributed by atoms with E-state index in [1.165, 1.54) is 6.08 Å². The van der Waals surface area contributed by atoms with Gasteiger partial charge in [-0.1, -0.05) is 37.1 Å². The molecule has 1 aromatic heterocycles. The van der Waals surface area contributed by atoms with Gasteiger partial charge in [0, 0.05) is 22.7 Å². The number of amides is 2. The summed E-state index contributed by atoms with van der Waals surface area (Å²) in [5.41, 5.74) is 1.80. The van der Waals surface area contributed by atoms with Crippen LogP contribution in [-0.2, 0) is 16.1 Å². The molecule has 0 radical (unpaired) electrons. The second-order valence-corrected chi connectivity index (χ2v) is 9.73.